The molecule has 23 heavy (non-hydrogen) atoms. The highest BCUT2D eigenvalue weighted by molar-refractivity contribution is 7.89. The third-order valence-corrected chi connectivity index (χ3v) is 6.12. The van der Waals surface area contributed by atoms with Gasteiger partial charge in [0.2, 0.25) is 15.9 Å². The summed E-state index contributed by atoms with van der Waals surface area (Å²) < 4.78 is 32.3. The summed E-state index contributed by atoms with van der Waals surface area (Å²) in [6.45, 7) is 3.62. The maximum Gasteiger partial charge on any atom is 0.318 e. The second-order valence-electron chi connectivity index (χ2n) is 5.15. The molecular weight excluding hydrogens is 340 g/mol. The fraction of sp³-hybridized carbons (Fsp3) is 0.429. The number of halogens is 1. The molecule has 0 aliphatic carbocycles. The van der Waals surface area contributed by atoms with Crippen LogP contribution in [0.5, 0.6) is 0 Å². The number of aromatic nitrogens is 2. The van der Waals surface area contributed by atoms with E-state index in [0.29, 0.717) is 44.5 Å². The molecule has 7 nitrogen and oxygen atoms in total. The second kappa shape index (κ2) is 6.46. The summed E-state index contributed by atoms with van der Waals surface area (Å²) in [5.74, 6) is 0.575. The Balaban J connectivity index is 1.72. The van der Waals surface area contributed by atoms with Crippen molar-refractivity contribution in [3.63, 3.8) is 0 Å². The van der Waals surface area contributed by atoms with Crippen molar-refractivity contribution in [3.05, 3.63) is 35.2 Å². The van der Waals surface area contributed by atoms with Gasteiger partial charge >= 0.3 is 6.01 Å². The highest BCUT2D eigenvalue weighted by Crippen LogP contribution is 2.25. The van der Waals surface area contributed by atoms with Crippen molar-refractivity contribution in [2.24, 2.45) is 0 Å². The van der Waals surface area contributed by atoms with Gasteiger partial charge in [0.25, 0.3) is 0 Å². The Hall–Kier alpha value is -1.64. The van der Waals surface area contributed by atoms with E-state index in [1.807, 2.05) is 11.8 Å². The first-order valence-corrected chi connectivity index (χ1v) is 9.16. The average Bonchev–Trinajstić information content (AvgIpc) is 3.04. The molecule has 0 radical (unpaired) electrons. The maximum atomic E-state index is 12.7. The maximum absolute atomic E-state index is 12.7. The van der Waals surface area contributed by atoms with Gasteiger partial charge in [-0.1, -0.05) is 35.8 Å². The van der Waals surface area contributed by atoms with Crippen molar-refractivity contribution in [2.75, 3.05) is 31.1 Å². The van der Waals surface area contributed by atoms with Crippen LogP contribution in [-0.2, 0) is 16.4 Å². The van der Waals surface area contributed by atoms with E-state index in [-0.39, 0.29) is 9.92 Å². The monoisotopic (exact) mass is 356 g/mol. The lowest BCUT2D eigenvalue weighted by atomic mass is 10.4. The Labute approximate surface area is 139 Å². The van der Waals surface area contributed by atoms with Crippen LogP contribution >= 0.6 is 11.6 Å². The van der Waals surface area contributed by atoms with Crippen molar-refractivity contribution in [1.29, 1.82) is 0 Å². The second-order valence-corrected chi connectivity index (χ2v) is 7.47. The topological polar surface area (TPSA) is 79.5 Å². The molecule has 0 saturated carbocycles. The summed E-state index contributed by atoms with van der Waals surface area (Å²) in [6, 6.07) is 6.92. The Morgan fingerprint density at radius 3 is 2.48 bits per heavy atom. The number of rotatable bonds is 4. The molecule has 1 fully saturated rings. The highest BCUT2D eigenvalue weighted by Gasteiger charge is 2.31. The summed E-state index contributed by atoms with van der Waals surface area (Å²) in [7, 11) is -3.59. The van der Waals surface area contributed by atoms with Gasteiger partial charge in [0.1, 0.15) is 4.90 Å². The molecule has 2 aromatic rings. The molecule has 1 saturated heterocycles. The molecule has 1 aromatic carbocycles. The van der Waals surface area contributed by atoms with Crippen LogP contribution in [0.25, 0.3) is 0 Å². The minimum atomic E-state index is -3.59. The number of sulfonamides is 1. The van der Waals surface area contributed by atoms with Crippen LogP contribution in [-0.4, -0.2) is 49.1 Å². The van der Waals surface area contributed by atoms with E-state index >= 15 is 0 Å². The first-order chi connectivity index (χ1) is 11.0. The first kappa shape index (κ1) is 16.2. The SMILES string of the molecule is CCc1nnc(N2CCN(S(=O)(=O)c3ccccc3Cl)CC2)o1. The van der Waals surface area contributed by atoms with Gasteiger partial charge in [0.05, 0.1) is 5.02 Å². The van der Waals surface area contributed by atoms with Crippen molar-refractivity contribution >= 4 is 27.6 Å². The van der Waals surface area contributed by atoms with Gasteiger partial charge < -0.3 is 9.32 Å². The van der Waals surface area contributed by atoms with Crippen LogP contribution in [0.2, 0.25) is 5.02 Å². The van der Waals surface area contributed by atoms with Crippen molar-refractivity contribution < 1.29 is 12.8 Å². The van der Waals surface area contributed by atoms with Crippen LogP contribution in [0.15, 0.2) is 33.6 Å². The fourth-order valence-corrected chi connectivity index (χ4v) is 4.34. The Bertz CT molecular complexity index is 785. The molecule has 124 valence electrons. The third-order valence-electron chi connectivity index (χ3n) is 3.72. The minimum absolute atomic E-state index is 0.140. The molecule has 9 heteroatoms. The summed E-state index contributed by atoms with van der Waals surface area (Å²) >= 11 is 6.02. The molecule has 3 rings (SSSR count). The van der Waals surface area contributed by atoms with E-state index in [1.165, 1.54) is 10.4 Å². The lowest BCUT2D eigenvalue weighted by molar-refractivity contribution is 0.369. The normalized spacial score (nSPS) is 16.7. The standard InChI is InChI=1S/C14H17ClN4O3S/c1-2-13-16-17-14(22-13)18-7-9-19(10-8-18)23(20,21)12-6-4-3-5-11(12)15/h3-6H,2,7-10H2,1H3. The molecule has 1 aliphatic rings. The first-order valence-electron chi connectivity index (χ1n) is 7.34. The molecule has 1 aliphatic heterocycles. The van der Waals surface area contributed by atoms with Gasteiger partial charge in [0.15, 0.2) is 0 Å². The van der Waals surface area contributed by atoms with Gasteiger partial charge in [0, 0.05) is 32.6 Å². The summed E-state index contributed by atoms with van der Waals surface area (Å²) in [4.78, 5) is 2.03. The smallest absolute Gasteiger partial charge is 0.318 e. The van der Waals surface area contributed by atoms with E-state index < -0.39 is 10.0 Å². The van der Waals surface area contributed by atoms with Crippen LogP contribution < -0.4 is 4.90 Å². The van der Waals surface area contributed by atoms with Gasteiger partial charge in [-0.05, 0) is 12.1 Å². The lowest BCUT2D eigenvalue weighted by Crippen LogP contribution is -2.48. The number of aryl methyl sites for hydroxylation is 1. The van der Waals surface area contributed by atoms with E-state index in [0.717, 1.165) is 0 Å². The molecule has 0 N–H and O–H groups in total. The highest BCUT2D eigenvalue weighted by atomic mass is 35.5. The average molecular weight is 357 g/mol. The lowest BCUT2D eigenvalue weighted by Gasteiger charge is -2.32. The quantitative estimate of drug-likeness (QED) is 0.831. The molecule has 0 amide bonds. The zero-order chi connectivity index (χ0) is 16.4. The molecule has 0 spiro atoms. The minimum Gasteiger partial charge on any atom is -0.408 e. The molecule has 2 heterocycles. The zero-order valence-electron chi connectivity index (χ0n) is 12.6. The predicted octanol–water partition coefficient (Wildman–Crippen LogP) is 1.80. The van der Waals surface area contributed by atoms with Gasteiger partial charge in [-0.3, -0.25) is 0 Å². The van der Waals surface area contributed by atoms with E-state index in [4.69, 9.17) is 16.0 Å². The molecule has 0 bridgehead atoms. The Kier molecular flexibility index (Phi) is 4.56. The van der Waals surface area contributed by atoms with Crippen LogP contribution in [0, 0.1) is 0 Å². The molecule has 1 aromatic heterocycles. The van der Waals surface area contributed by atoms with E-state index in [2.05, 4.69) is 10.2 Å². The summed E-state index contributed by atoms with van der Waals surface area (Å²) in [5.41, 5.74) is 0. The van der Waals surface area contributed by atoms with Crippen molar-refractivity contribution in [1.82, 2.24) is 14.5 Å². The van der Waals surface area contributed by atoms with E-state index in [9.17, 15) is 8.42 Å². The van der Waals surface area contributed by atoms with Crippen LogP contribution in [0.1, 0.15) is 12.8 Å². The van der Waals surface area contributed by atoms with Crippen LogP contribution in [0.3, 0.4) is 0 Å². The Morgan fingerprint density at radius 2 is 1.87 bits per heavy atom. The number of anilines is 1. The van der Waals surface area contributed by atoms with Gasteiger partial charge in [-0.25, -0.2) is 8.42 Å². The van der Waals surface area contributed by atoms with Crippen molar-refractivity contribution in [3.8, 4) is 0 Å². The molecule has 0 atom stereocenters. The largest absolute Gasteiger partial charge is 0.408 e. The van der Waals surface area contributed by atoms with E-state index in [1.54, 1.807) is 18.2 Å². The zero-order valence-corrected chi connectivity index (χ0v) is 14.2. The number of piperazine rings is 1. The molecular formula is C14H17ClN4O3S. The van der Waals surface area contributed by atoms with Crippen LogP contribution in [0.4, 0.5) is 6.01 Å². The third kappa shape index (κ3) is 3.19. The number of benzene rings is 1. The van der Waals surface area contributed by atoms with Gasteiger partial charge in [-0.2, -0.15) is 4.31 Å². The van der Waals surface area contributed by atoms with Crippen molar-refractivity contribution in [2.45, 2.75) is 18.2 Å². The van der Waals surface area contributed by atoms with Gasteiger partial charge in [-0.15, -0.1) is 5.10 Å². The molecule has 0 unspecified atom stereocenters. The summed E-state index contributed by atoms with van der Waals surface area (Å²) in [6.07, 6.45) is 0.674. The Morgan fingerprint density at radius 1 is 1.17 bits per heavy atom. The number of hydrogen-bond acceptors (Lipinski definition) is 6. The summed E-state index contributed by atoms with van der Waals surface area (Å²) in [5, 5.41) is 8.16. The predicted molar refractivity (Wildman–Crippen MR) is 86.1 cm³/mol. The number of hydrogen-bond donors (Lipinski definition) is 0. The number of nitrogens with zero attached hydrogens (tertiary/aromatic N) is 4. The fourth-order valence-electron chi connectivity index (χ4n) is 2.43.